The number of benzene rings is 2. The van der Waals surface area contributed by atoms with Crippen molar-refractivity contribution in [1.82, 2.24) is 4.90 Å². The lowest BCUT2D eigenvalue weighted by atomic mass is 9.92. The molecule has 28 heavy (non-hydrogen) atoms. The van der Waals surface area contributed by atoms with Crippen molar-refractivity contribution in [3.05, 3.63) is 59.2 Å². The Morgan fingerprint density at radius 1 is 1.14 bits per heavy atom. The monoisotopic (exact) mass is 383 g/mol. The summed E-state index contributed by atoms with van der Waals surface area (Å²) in [6.07, 6.45) is 1.74. The van der Waals surface area contributed by atoms with E-state index >= 15 is 0 Å². The maximum Gasteiger partial charge on any atom is 0.335 e. The molecule has 2 N–H and O–H groups in total. The number of aromatic carboxylic acids is 1. The average Bonchev–Trinajstić information content (AvgIpc) is 3.19. The molecule has 5 heteroatoms. The van der Waals surface area contributed by atoms with E-state index in [4.69, 9.17) is 4.74 Å². The highest BCUT2D eigenvalue weighted by molar-refractivity contribution is 5.89. The molecule has 1 aliphatic heterocycles. The van der Waals surface area contributed by atoms with Crippen LogP contribution >= 0.6 is 0 Å². The normalized spacial score (nSPS) is 16.8. The summed E-state index contributed by atoms with van der Waals surface area (Å²) in [7, 11) is 0. The van der Waals surface area contributed by atoms with E-state index < -0.39 is 12.1 Å². The van der Waals surface area contributed by atoms with Gasteiger partial charge in [0, 0.05) is 6.54 Å². The van der Waals surface area contributed by atoms with Gasteiger partial charge in [0.15, 0.2) is 0 Å². The van der Waals surface area contributed by atoms with E-state index in [0.29, 0.717) is 13.2 Å². The van der Waals surface area contributed by atoms with E-state index in [1.807, 2.05) is 44.2 Å². The van der Waals surface area contributed by atoms with Gasteiger partial charge in [-0.1, -0.05) is 30.3 Å². The van der Waals surface area contributed by atoms with Crippen molar-refractivity contribution in [3.63, 3.8) is 0 Å². The molecule has 2 atom stereocenters. The van der Waals surface area contributed by atoms with Gasteiger partial charge in [-0.05, 0) is 74.2 Å². The number of rotatable bonds is 8. The Bertz CT molecular complexity index is 814. The highest BCUT2D eigenvalue weighted by atomic mass is 16.5. The van der Waals surface area contributed by atoms with Crippen LogP contribution in [0.3, 0.4) is 0 Å². The lowest BCUT2D eigenvalue weighted by Crippen LogP contribution is -2.33. The van der Waals surface area contributed by atoms with Crippen molar-refractivity contribution in [1.29, 1.82) is 0 Å². The number of β-amino-alcohol motifs (C(OH)–C–C–N with tert-alkyl or cyclic N) is 1. The predicted octanol–water partition coefficient (Wildman–Crippen LogP) is 3.89. The minimum absolute atomic E-state index is 0.178. The van der Waals surface area contributed by atoms with Crippen LogP contribution in [0.25, 0.3) is 11.1 Å². The number of aliphatic hydroxyl groups excluding tert-OH is 1. The molecule has 1 saturated heterocycles. The Balaban J connectivity index is 1.71. The summed E-state index contributed by atoms with van der Waals surface area (Å²) in [5.41, 5.74) is 4.25. The molecule has 0 aliphatic carbocycles. The van der Waals surface area contributed by atoms with Gasteiger partial charge in [-0.25, -0.2) is 4.79 Å². The van der Waals surface area contributed by atoms with E-state index in [-0.39, 0.29) is 11.7 Å². The second-order valence-electron chi connectivity index (χ2n) is 7.56. The molecule has 1 heterocycles. The Morgan fingerprint density at radius 3 is 2.54 bits per heavy atom. The number of ether oxygens (including phenoxy) is 1. The molecule has 1 fully saturated rings. The Kier molecular flexibility index (Phi) is 6.83. The lowest BCUT2D eigenvalue weighted by Gasteiger charge is -2.23. The number of carboxylic acid groups (broad SMARTS) is 1. The Labute approximate surface area is 166 Å². The summed E-state index contributed by atoms with van der Waals surface area (Å²) in [6.45, 7) is 6.97. The molecule has 2 unspecified atom stereocenters. The van der Waals surface area contributed by atoms with E-state index in [9.17, 15) is 15.0 Å². The van der Waals surface area contributed by atoms with Crippen molar-refractivity contribution >= 4 is 5.97 Å². The highest BCUT2D eigenvalue weighted by Gasteiger charge is 2.19. The largest absolute Gasteiger partial charge is 0.478 e. The van der Waals surface area contributed by atoms with Gasteiger partial charge < -0.3 is 19.8 Å². The Hall–Kier alpha value is -2.21. The minimum atomic E-state index is -0.924. The van der Waals surface area contributed by atoms with E-state index in [1.54, 1.807) is 12.1 Å². The van der Waals surface area contributed by atoms with Crippen molar-refractivity contribution in [2.75, 3.05) is 26.2 Å². The first kappa shape index (κ1) is 20.5. The van der Waals surface area contributed by atoms with Crippen molar-refractivity contribution < 1.29 is 19.7 Å². The van der Waals surface area contributed by atoms with E-state index in [2.05, 4.69) is 4.90 Å². The zero-order valence-electron chi connectivity index (χ0n) is 16.6. The fourth-order valence-electron chi connectivity index (χ4n) is 3.86. The van der Waals surface area contributed by atoms with Crippen LogP contribution in [0.5, 0.6) is 0 Å². The molecule has 0 aromatic heterocycles. The topological polar surface area (TPSA) is 70.0 Å². The summed E-state index contributed by atoms with van der Waals surface area (Å²) in [5.74, 6) is -0.924. The van der Waals surface area contributed by atoms with Crippen LogP contribution < -0.4 is 0 Å². The van der Waals surface area contributed by atoms with Crippen molar-refractivity contribution in [2.45, 2.75) is 38.9 Å². The maximum absolute atomic E-state index is 11.2. The number of hydrogen-bond acceptors (Lipinski definition) is 4. The lowest BCUT2D eigenvalue weighted by molar-refractivity contribution is -0.0131. The number of hydrogen-bond donors (Lipinski definition) is 2. The van der Waals surface area contributed by atoms with Gasteiger partial charge in [-0.3, -0.25) is 0 Å². The molecule has 0 radical (unpaired) electrons. The number of likely N-dealkylation sites (tertiary alicyclic amines) is 1. The van der Waals surface area contributed by atoms with Crippen LogP contribution in [0.4, 0.5) is 0 Å². The van der Waals surface area contributed by atoms with Gasteiger partial charge in [0.2, 0.25) is 0 Å². The maximum atomic E-state index is 11.2. The molecular formula is C23H29NO4. The minimum Gasteiger partial charge on any atom is -0.478 e. The molecule has 2 aromatic rings. The van der Waals surface area contributed by atoms with E-state index in [0.717, 1.165) is 35.3 Å². The molecule has 2 aromatic carbocycles. The van der Waals surface area contributed by atoms with Crippen LogP contribution in [0, 0.1) is 6.92 Å². The summed E-state index contributed by atoms with van der Waals surface area (Å²) in [4.78, 5) is 13.5. The fourth-order valence-corrected chi connectivity index (χ4v) is 3.86. The number of carboxylic acids is 1. The third-order valence-electron chi connectivity index (χ3n) is 5.37. The fraction of sp³-hybridized carbons (Fsp3) is 0.435. The zero-order valence-corrected chi connectivity index (χ0v) is 16.6. The SMILES string of the molecule is Cc1cc(C(=O)O)ccc1-c1ccccc1C(C)OCC(O)CN1CCCC1. The molecule has 0 spiro atoms. The molecule has 0 saturated carbocycles. The van der Waals surface area contributed by atoms with Gasteiger partial charge in [0.25, 0.3) is 0 Å². The Morgan fingerprint density at radius 2 is 1.86 bits per heavy atom. The third-order valence-corrected chi connectivity index (χ3v) is 5.37. The molecule has 150 valence electrons. The van der Waals surface area contributed by atoms with Crippen LogP contribution in [0.1, 0.15) is 47.4 Å². The quantitative estimate of drug-likeness (QED) is 0.724. The molecule has 3 rings (SSSR count). The molecule has 1 aliphatic rings. The summed E-state index contributed by atoms with van der Waals surface area (Å²) in [6, 6.07) is 13.2. The molecular weight excluding hydrogens is 354 g/mol. The van der Waals surface area contributed by atoms with Gasteiger partial charge in [0.1, 0.15) is 0 Å². The predicted molar refractivity (Wildman–Crippen MR) is 110 cm³/mol. The van der Waals surface area contributed by atoms with Crippen molar-refractivity contribution in [2.24, 2.45) is 0 Å². The van der Waals surface area contributed by atoms with Crippen molar-refractivity contribution in [3.8, 4) is 11.1 Å². The van der Waals surface area contributed by atoms with E-state index in [1.165, 1.54) is 12.8 Å². The van der Waals surface area contributed by atoms with Gasteiger partial charge in [0.05, 0.1) is 24.4 Å². The highest BCUT2D eigenvalue weighted by Crippen LogP contribution is 2.32. The summed E-state index contributed by atoms with van der Waals surface area (Å²) < 4.78 is 5.99. The molecule has 0 bridgehead atoms. The summed E-state index contributed by atoms with van der Waals surface area (Å²) in [5, 5.41) is 19.5. The zero-order chi connectivity index (χ0) is 20.1. The molecule has 5 nitrogen and oxygen atoms in total. The van der Waals surface area contributed by atoms with Crippen LogP contribution in [0.2, 0.25) is 0 Å². The van der Waals surface area contributed by atoms with Crippen LogP contribution in [-0.2, 0) is 4.74 Å². The first-order valence-corrected chi connectivity index (χ1v) is 9.91. The molecule has 0 amide bonds. The summed E-state index contributed by atoms with van der Waals surface area (Å²) >= 11 is 0. The third kappa shape index (κ3) is 4.98. The second kappa shape index (κ2) is 9.32. The van der Waals surface area contributed by atoms with Gasteiger partial charge in [-0.2, -0.15) is 0 Å². The first-order valence-electron chi connectivity index (χ1n) is 9.91. The van der Waals surface area contributed by atoms with Crippen LogP contribution in [-0.4, -0.2) is 53.4 Å². The number of aliphatic hydroxyl groups is 1. The van der Waals surface area contributed by atoms with Crippen LogP contribution in [0.15, 0.2) is 42.5 Å². The second-order valence-corrected chi connectivity index (χ2v) is 7.56. The standard InChI is InChI=1S/C23H29NO4/c1-16-13-18(23(26)27)9-10-20(16)22-8-4-3-7-21(22)17(2)28-15-19(25)14-24-11-5-6-12-24/h3-4,7-10,13,17,19,25H,5-6,11-12,14-15H2,1-2H3,(H,26,27). The number of carbonyl (C=O) groups is 1. The number of aryl methyl sites for hydroxylation is 1. The first-order chi connectivity index (χ1) is 13.5. The number of nitrogens with zero attached hydrogens (tertiary/aromatic N) is 1. The van der Waals surface area contributed by atoms with Gasteiger partial charge >= 0.3 is 5.97 Å². The smallest absolute Gasteiger partial charge is 0.335 e. The average molecular weight is 383 g/mol. The van der Waals surface area contributed by atoms with Gasteiger partial charge in [-0.15, -0.1) is 0 Å².